The maximum atomic E-state index is 2.40. The molecule has 0 aliphatic heterocycles. The summed E-state index contributed by atoms with van der Waals surface area (Å²) in [6.45, 7) is 0. The van der Waals surface area contributed by atoms with Crippen molar-refractivity contribution in [3.8, 4) is 111 Å². The molecule has 0 heterocycles. The molecule has 0 fully saturated rings. The second-order valence-corrected chi connectivity index (χ2v) is 35.4. The van der Waals surface area contributed by atoms with E-state index in [0.29, 0.717) is 0 Å². The summed E-state index contributed by atoms with van der Waals surface area (Å²) in [5.74, 6) is 0. The lowest BCUT2D eigenvalue weighted by atomic mass is 9.83. The molecule has 0 N–H and O–H groups in total. The van der Waals surface area contributed by atoms with Crippen LogP contribution in [-0.4, -0.2) is 0 Å². The molecule has 0 saturated carbocycles. The number of fused-ring (bicyclic) bond motifs is 17. The molecular weight excluding hydrogens is 1610 g/mol. The van der Waals surface area contributed by atoms with E-state index in [1.165, 1.54) is 262 Å². The summed E-state index contributed by atoms with van der Waals surface area (Å²) in [7, 11) is 0. The number of benzene rings is 27. The zero-order valence-corrected chi connectivity index (χ0v) is 73.7. The SMILES string of the molecule is c1cc(-c2ccc3ccccc3c2)cc(-c2c3ccccc3c(-c3cc4ccccc4c4ccccc34)c3ccccc23)c1.c1ccc(-c2cc(-c3ccccc3)cc(-c3c4ccccc4c(-c4cc5ccccc5c5ccccc45)c4ccccc34)c2)cc1.c1ccc2c(-c3ccc(-c4c5ccccc5c(-c5cc6ccccc6c6ccccc56)c5ccccc45)cc3)cccc2c1. The Morgan fingerprint density at radius 3 is 0.709 bits per heavy atom. The van der Waals surface area contributed by atoms with E-state index < -0.39 is 0 Å². The molecule has 0 radical (unpaired) electrons. The second-order valence-electron chi connectivity index (χ2n) is 35.4. The minimum Gasteiger partial charge on any atom is -0.0622 e. The third-order valence-electron chi connectivity index (χ3n) is 27.9. The highest BCUT2D eigenvalue weighted by Crippen LogP contribution is 2.53. The van der Waals surface area contributed by atoms with Crippen molar-refractivity contribution < 1.29 is 0 Å². The fourth-order valence-electron chi connectivity index (χ4n) is 21.9. The van der Waals surface area contributed by atoms with Gasteiger partial charge in [0.2, 0.25) is 0 Å². The van der Waals surface area contributed by atoms with Crippen molar-refractivity contribution in [1.29, 1.82) is 0 Å². The van der Waals surface area contributed by atoms with Gasteiger partial charge in [-0.05, 0) is 311 Å². The van der Waals surface area contributed by atoms with Crippen molar-refractivity contribution in [2.75, 3.05) is 0 Å². The Kier molecular flexibility index (Phi) is 19.7. The van der Waals surface area contributed by atoms with Gasteiger partial charge in [0, 0.05) is 0 Å². The number of hydrogen-bond donors (Lipinski definition) is 0. The molecule has 0 amide bonds. The molecule has 0 saturated heterocycles. The Labute approximate surface area is 778 Å². The Balaban J connectivity index is 0.000000108. The monoisotopic (exact) mass is 1690 g/mol. The van der Waals surface area contributed by atoms with Gasteiger partial charge in [-0.1, -0.05) is 473 Å². The molecular formula is C134H86. The van der Waals surface area contributed by atoms with Crippen molar-refractivity contribution in [3.63, 3.8) is 0 Å². The van der Waals surface area contributed by atoms with Gasteiger partial charge in [0.1, 0.15) is 0 Å². The lowest BCUT2D eigenvalue weighted by Gasteiger charge is -2.20. The van der Waals surface area contributed by atoms with E-state index in [1.807, 2.05) is 0 Å². The van der Waals surface area contributed by atoms with Gasteiger partial charge >= 0.3 is 0 Å². The summed E-state index contributed by atoms with van der Waals surface area (Å²) < 4.78 is 0. The van der Waals surface area contributed by atoms with Gasteiger partial charge in [0.25, 0.3) is 0 Å². The lowest BCUT2D eigenvalue weighted by molar-refractivity contribution is 1.58. The van der Waals surface area contributed by atoms with Gasteiger partial charge in [0.05, 0.1) is 0 Å². The van der Waals surface area contributed by atoms with Gasteiger partial charge in [-0.3, -0.25) is 0 Å². The fourth-order valence-corrected chi connectivity index (χ4v) is 21.9. The topological polar surface area (TPSA) is 0 Å². The quantitative estimate of drug-likeness (QED) is 0.0946. The van der Waals surface area contributed by atoms with Crippen LogP contribution in [0.3, 0.4) is 0 Å². The van der Waals surface area contributed by atoms with Crippen molar-refractivity contribution in [2.24, 2.45) is 0 Å². The van der Waals surface area contributed by atoms with Crippen LogP contribution in [0.5, 0.6) is 0 Å². The van der Waals surface area contributed by atoms with E-state index >= 15 is 0 Å². The van der Waals surface area contributed by atoms with Crippen LogP contribution < -0.4 is 0 Å². The first-order chi connectivity index (χ1) is 66.5. The molecule has 0 heteroatoms. The van der Waals surface area contributed by atoms with Crippen molar-refractivity contribution >= 4 is 151 Å². The summed E-state index contributed by atoms with van der Waals surface area (Å²) in [5.41, 5.74) is 25.1. The third kappa shape index (κ3) is 13.8. The number of rotatable bonds is 10. The maximum absolute atomic E-state index is 2.40. The Hall–Kier alpha value is -17.4. The van der Waals surface area contributed by atoms with E-state index in [1.54, 1.807) is 0 Å². The summed E-state index contributed by atoms with van der Waals surface area (Å²) in [4.78, 5) is 0. The summed E-state index contributed by atoms with van der Waals surface area (Å²) in [5, 5.41) is 35.7. The molecule has 0 bridgehead atoms. The largest absolute Gasteiger partial charge is 0.0622 e. The summed E-state index contributed by atoms with van der Waals surface area (Å²) in [6.07, 6.45) is 0. The highest BCUT2D eigenvalue weighted by atomic mass is 14.3. The zero-order valence-electron chi connectivity index (χ0n) is 73.7. The highest BCUT2D eigenvalue weighted by Gasteiger charge is 2.25. The van der Waals surface area contributed by atoms with Gasteiger partial charge in [-0.15, -0.1) is 0 Å². The molecule has 0 spiro atoms. The minimum absolute atomic E-state index is 1.22. The third-order valence-corrected chi connectivity index (χ3v) is 27.9. The molecule has 134 heavy (non-hydrogen) atoms. The first kappa shape index (κ1) is 78.8. The molecule has 27 rings (SSSR count). The van der Waals surface area contributed by atoms with E-state index in [2.05, 4.69) is 522 Å². The van der Waals surface area contributed by atoms with Crippen LogP contribution in [0, 0.1) is 0 Å². The summed E-state index contributed by atoms with van der Waals surface area (Å²) >= 11 is 0. The van der Waals surface area contributed by atoms with E-state index in [9.17, 15) is 0 Å². The van der Waals surface area contributed by atoms with Crippen LogP contribution >= 0.6 is 0 Å². The first-order valence-corrected chi connectivity index (χ1v) is 46.5. The average molecular weight is 1700 g/mol. The Bertz CT molecular complexity index is 9130. The summed E-state index contributed by atoms with van der Waals surface area (Å²) in [6, 6.07) is 191. The normalized spacial score (nSPS) is 11.6. The number of hydrogen-bond acceptors (Lipinski definition) is 0. The smallest absolute Gasteiger partial charge is 0.00199 e. The predicted octanol–water partition coefficient (Wildman–Crippen LogP) is 37.9. The van der Waals surface area contributed by atoms with Gasteiger partial charge < -0.3 is 0 Å². The lowest BCUT2D eigenvalue weighted by Crippen LogP contribution is -1.93. The molecule has 27 aromatic carbocycles. The standard InChI is InChI=1S/C46H30.2C44H28/c1-3-15-31(16-4-1)34-27-35(32-17-5-2-6-18-32)29-36(28-34)45-40-23-11-13-25-42(40)46(43-26-14-12-24-41(43)45)44-30-33-19-7-8-20-37(33)38-21-9-10-22-39(38)44;1-3-15-33-29(12-1)14-11-23-34(33)30-24-26-31(27-25-30)43-38-19-7-9-21-40(38)44(41-22-10-8-20-39(41)43)42-28-32-13-2-4-16-35(32)36-17-5-6-18-37(36)42;1-2-13-30-26-32(25-24-29(30)12-1)31-15-11-16-34(27-31)43-38-20-7-9-22-40(38)44(41-23-10-8-21-39(41)43)42-28-33-14-3-4-17-35(33)36-18-5-6-19-37(36)42/h1-30H;2*1-28H. The van der Waals surface area contributed by atoms with E-state index in [4.69, 9.17) is 0 Å². The predicted molar refractivity (Wildman–Crippen MR) is 579 cm³/mol. The van der Waals surface area contributed by atoms with Crippen LogP contribution in [0.2, 0.25) is 0 Å². The molecule has 0 aliphatic carbocycles. The molecule has 0 nitrogen and oxygen atoms in total. The Morgan fingerprint density at radius 2 is 0.313 bits per heavy atom. The molecule has 0 aromatic heterocycles. The fraction of sp³-hybridized carbons (Fsp3) is 0. The van der Waals surface area contributed by atoms with Crippen LogP contribution in [0.4, 0.5) is 0 Å². The molecule has 622 valence electrons. The van der Waals surface area contributed by atoms with Crippen LogP contribution in [0.15, 0.2) is 522 Å². The molecule has 0 aliphatic rings. The second kappa shape index (κ2) is 33.6. The molecule has 0 atom stereocenters. The van der Waals surface area contributed by atoms with Crippen LogP contribution in [0.25, 0.3) is 262 Å². The molecule has 27 aromatic rings. The Morgan fingerprint density at radius 1 is 0.0746 bits per heavy atom. The maximum Gasteiger partial charge on any atom is -0.00199 e. The van der Waals surface area contributed by atoms with Gasteiger partial charge in [-0.2, -0.15) is 0 Å². The van der Waals surface area contributed by atoms with E-state index in [0.717, 1.165) is 0 Å². The van der Waals surface area contributed by atoms with Gasteiger partial charge in [0.15, 0.2) is 0 Å². The van der Waals surface area contributed by atoms with Crippen molar-refractivity contribution in [1.82, 2.24) is 0 Å². The minimum atomic E-state index is 1.22. The van der Waals surface area contributed by atoms with Crippen LogP contribution in [0.1, 0.15) is 0 Å². The first-order valence-electron chi connectivity index (χ1n) is 46.5. The zero-order chi connectivity index (χ0) is 88.5. The average Bonchev–Trinajstić information content (AvgIpc) is 0.728. The van der Waals surface area contributed by atoms with E-state index in [-0.39, 0.29) is 0 Å². The van der Waals surface area contributed by atoms with Crippen LogP contribution in [-0.2, 0) is 0 Å². The van der Waals surface area contributed by atoms with Crippen molar-refractivity contribution in [2.45, 2.75) is 0 Å². The highest BCUT2D eigenvalue weighted by molar-refractivity contribution is 6.30. The molecule has 0 unspecified atom stereocenters. The van der Waals surface area contributed by atoms with Gasteiger partial charge in [-0.25, -0.2) is 0 Å². The van der Waals surface area contributed by atoms with Crippen molar-refractivity contribution in [3.05, 3.63) is 522 Å².